The average molecular weight is 346 g/mol. The Balaban J connectivity index is 1.72. The largest absolute Gasteiger partial charge is 0.335 e. The van der Waals surface area contributed by atoms with Crippen molar-refractivity contribution in [3.8, 4) is 0 Å². The summed E-state index contributed by atoms with van der Waals surface area (Å²) in [6, 6.07) is -0.376. The van der Waals surface area contributed by atoms with Crippen LogP contribution in [0.3, 0.4) is 0 Å². The Morgan fingerprint density at radius 2 is 2.08 bits per heavy atom. The number of fused-ring (bicyclic) bond motifs is 1. The van der Waals surface area contributed by atoms with Crippen molar-refractivity contribution in [1.29, 1.82) is 0 Å². The Labute approximate surface area is 147 Å². The lowest BCUT2D eigenvalue weighted by molar-refractivity contribution is -0.145. The van der Waals surface area contributed by atoms with Crippen molar-refractivity contribution in [2.45, 2.75) is 59.0 Å². The van der Waals surface area contributed by atoms with E-state index < -0.39 is 0 Å². The van der Waals surface area contributed by atoms with Gasteiger partial charge in [-0.3, -0.25) is 14.4 Å². The number of aromatic amines is 1. The number of aromatic nitrogens is 2. The van der Waals surface area contributed by atoms with Crippen molar-refractivity contribution < 1.29 is 9.59 Å². The van der Waals surface area contributed by atoms with Gasteiger partial charge in [0.25, 0.3) is 5.56 Å². The van der Waals surface area contributed by atoms with E-state index in [-0.39, 0.29) is 28.8 Å². The molecule has 0 spiro atoms. The Morgan fingerprint density at radius 3 is 2.80 bits per heavy atom. The summed E-state index contributed by atoms with van der Waals surface area (Å²) < 4.78 is 0. The first-order valence-electron chi connectivity index (χ1n) is 8.90. The molecule has 2 aliphatic rings. The summed E-state index contributed by atoms with van der Waals surface area (Å²) in [6.07, 6.45) is 3.89. The average Bonchev–Trinajstić information content (AvgIpc) is 3.02. The van der Waals surface area contributed by atoms with Gasteiger partial charge in [0.2, 0.25) is 11.8 Å². The van der Waals surface area contributed by atoms with Gasteiger partial charge < -0.3 is 14.8 Å². The quantitative estimate of drug-likeness (QED) is 0.868. The molecule has 1 N–H and O–H groups in total. The Kier molecular flexibility index (Phi) is 4.67. The van der Waals surface area contributed by atoms with Crippen LogP contribution < -0.4 is 5.56 Å². The van der Waals surface area contributed by atoms with E-state index in [1.807, 2.05) is 20.8 Å². The first-order chi connectivity index (χ1) is 11.8. The molecule has 1 aromatic rings. The van der Waals surface area contributed by atoms with Crippen LogP contribution in [0, 0.1) is 5.41 Å². The van der Waals surface area contributed by atoms with Gasteiger partial charge in [-0.15, -0.1) is 0 Å². The van der Waals surface area contributed by atoms with Gasteiger partial charge in [0.05, 0.1) is 18.6 Å². The monoisotopic (exact) mass is 346 g/mol. The van der Waals surface area contributed by atoms with Gasteiger partial charge in [-0.25, -0.2) is 4.98 Å². The first kappa shape index (κ1) is 17.6. The molecule has 1 atom stereocenters. The van der Waals surface area contributed by atoms with Gasteiger partial charge in [-0.05, 0) is 24.7 Å². The number of amides is 2. The number of hydrogen-bond donors (Lipinski definition) is 1. The highest BCUT2D eigenvalue weighted by Crippen LogP contribution is 2.26. The van der Waals surface area contributed by atoms with E-state index >= 15 is 0 Å². The van der Waals surface area contributed by atoms with E-state index in [2.05, 4.69) is 9.97 Å². The van der Waals surface area contributed by atoms with E-state index in [0.717, 1.165) is 6.42 Å². The van der Waals surface area contributed by atoms with Gasteiger partial charge in [-0.2, -0.15) is 0 Å². The van der Waals surface area contributed by atoms with Crippen molar-refractivity contribution in [2.75, 3.05) is 13.1 Å². The van der Waals surface area contributed by atoms with Crippen LogP contribution >= 0.6 is 0 Å². The molecule has 0 aromatic carbocycles. The van der Waals surface area contributed by atoms with Crippen LogP contribution in [0.4, 0.5) is 0 Å². The van der Waals surface area contributed by atoms with Gasteiger partial charge in [-0.1, -0.05) is 20.8 Å². The molecule has 0 aliphatic carbocycles. The minimum atomic E-state index is -0.376. The molecule has 2 amide bonds. The van der Waals surface area contributed by atoms with Crippen LogP contribution in [0.25, 0.3) is 0 Å². The predicted molar refractivity (Wildman–Crippen MR) is 92.8 cm³/mol. The van der Waals surface area contributed by atoms with Gasteiger partial charge in [0, 0.05) is 25.1 Å². The molecule has 0 bridgehead atoms. The Hall–Kier alpha value is -2.18. The van der Waals surface area contributed by atoms with Crippen LogP contribution in [0.5, 0.6) is 0 Å². The molecular formula is C18H26N4O3. The molecule has 1 aromatic heterocycles. The molecule has 2 aliphatic heterocycles. The zero-order valence-electron chi connectivity index (χ0n) is 15.2. The summed E-state index contributed by atoms with van der Waals surface area (Å²) in [4.78, 5) is 47.7. The maximum Gasteiger partial charge on any atom is 0.254 e. The number of carbonyl (C=O) groups excluding carboxylic acids is 2. The molecule has 7 heteroatoms. The van der Waals surface area contributed by atoms with E-state index in [0.29, 0.717) is 50.2 Å². The van der Waals surface area contributed by atoms with Gasteiger partial charge >= 0.3 is 0 Å². The fourth-order valence-electron chi connectivity index (χ4n) is 3.64. The lowest BCUT2D eigenvalue weighted by atomic mass is 9.91. The summed E-state index contributed by atoms with van der Waals surface area (Å²) in [7, 11) is 0. The highest BCUT2D eigenvalue weighted by Gasteiger charge is 2.38. The Bertz CT molecular complexity index is 735. The number of nitrogens with one attached hydrogen (secondary N) is 1. The van der Waals surface area contributed by atoms with Crippen molar-refractivity contribution in [3.63, 3.8) is 0 Å². The molecule has 0 saturated carbocycles. The highest BCUT2D eigenvalue weighted by molar-refractivity contribution is 5.88. The normalized spacial score (nSPS) is 20.5. The molecule has 1 unspecified atom stereocenters. The van der Waals surface area contributed by atoms with Gasteiger partial charge in [0.1, 0.15) is 6.04 Å². The molecular weight excluding hydrogens is 320 g/mol. The standard InChI is InChI=1S/C18H26N4O3/c1-18(2,3)9-15(23)22-7-4-5-14(22)17(25)21-8-6-12-13(10-21)19-11-20-16(12)24/h11,14H,4-10H2,1-3H3,(H,19,20,24). The number of likely N-dealkylation sites (tertiary alicyclic amines) is 1. The maximum atomic E-state index is 13.0. The zero-order valence-corrected chi connectivity index (χ0v) is 15.2. The number of carbonyl (C=O) groups is 2. The van der Waals surface area contributed by atoms with Crippen LogP contribution in [-0.2, 0) is 22.6 Å². The summed E-state index contributed by atoms with van der Waals surface area (Å²) in [6.45, 7) is 7.58. The topological polar surface area (TPSA) is 86.4 Å². The molecule has 0 radical (unpaired) electrons. The highest BCUT2D eigenvalue weighted by atomic mass is 16.2. The van der Waals surface area contributed by atoms with E-state index in [4.69, 9.17) is 0 Å². The first-order valence-corrected chi connectivity index (χ1v) is 8.90. The van der Waals surface area contributed by atoms with Crippen molar-refractivity contribution >= 4 is 11.8 Å². The second-order valence-corrected chi connectivity index (χ2v) is 8.15. The number of hydrogen-bond acceptors (Lipinski definition) is 4. The van der Waals surface area contributed by atoms with Crippen molar-refractivity contribution in [2.24, 2.45) is 5.41 Å². The molecule has 136 valence electrons. The number of nitrogens with zero attached hydrogens (tertiary/aromatic N) is 3. The molecule has 25 heavy (non-hydrogen) atoms. The van der Waals surface area contributed by atoms with Crippen molar-refractivity contribution in [1.82, 2.24) is 19.8 Å². The Morgan fingerprint density at radius 1 is 1.32 bits per heavy atom. The van der Waals surface area contributed by atoms with Crippen LogP contribution in [0.15, 0.2) is 11.1 Å². The third-order valence-electron chi connectivity index (χ3n) is 4.86. The fraction of sp³-hybridized carbons (Fsp3) is 0.667. The molecule has 7 nitrogen and oxygen atoms in total. The summed E-state index contributed by atoms with van der Waals surface area (Å²) in [5.74, 6) is 0.0304. The van der Waals surface area contributed by atoms with Crippen LogP contribution in [-0.4, -0.2) is 50.7 Å². The second-order valence-electron chi connectivity index (χ2n) is 8.15. The second kappa shape index (κ2) is 6.61. The predicted octanol–water partition coefficient (Wildman–Crippen LogP) is 1.08. The third-order valence-corrected chi connectivity index (χ3v) is 4.86. The smallest absolute Gasteiger partial charge is 0.254 e. The molecule has 3 rings (SSSR count). The summed E-state index contributed by atoms with van der Waals surface area (Å²) in [5, 5.41) is 0. The summed E-state index contributed by atoms with van der Waals surface area (Å²) >= 11 is 0. The minimum absolute atomic E-state index is 0.0208. The van der Waals surface area contributed by atoms with Gasteiger partial charge in [0.15, 0.2) is 0 Å². The fourth-order valence-corrected chi connectivity index (χ4v) is 3.64. The molecule has 1 fully saturated rings. The zero-order chi connectivity index (χ0) is 18.2. The number of rotatable bonds is 2. The number of H-pyrrole nitrogens is 1. The lowest BCUT2D eigenvalue weighted by Gasteiger charge is -2.33. The maximum absolute atomic E-state index is 13.0. The molecule has 1 saturated heterocycles. The third kappa shape index (κ3) is 3.75. The van der Waals surface area contributed by atoms with Crippen molar-refractivity contribution in [3.05, 3.63) is 27.9 Å². The van der Waals surface area contributed by atoms with E-state index in [1.54, 1.807) is 9.80 Å². The van der Waals surface area contributed by atoms with Crippen LogP contribution in [0.2, 0.25) is 0 Å². The SMILES string of the molecule is CC(C)(C)CC(=O)N1CCCC1C(=O)N1CCc2c(nc[nH]c2=O)C1. The summed E-state index contributed by atoms with van der Waals surface area (Å²) in [5.41, 5.74) is 1.11. The molecule has 3 heterocycles. The van der Waals surface area contributed by atoms with Crippen LogP contribution in [0.1, 0.15) is 51.3 Å². The lowest BCUT2D eigenvalue weighted by Crippen LogP contribution is -2.50. The van der Waals surface area contributed by atoms with E-state index in [1.165, 1.54) is 6.33 Å². The van der Waals surface area contributed by atoms with E-state index in [9.17, 15) is 14.4 Å². The minimum Gasteiger partial charge on any atom is -0.335 e.